The summed E-state index contributed by atoms with van der Waals surface area (Å²) >= 11 is 0. The number of esters is 1. The van der Waals surface area contributed by atoms with Crippen molar-refractivity contribution in [2.45, 2.75) is 0 Å². The maximum absolute atomic E-state index is 12.5. The van der Waals surface area contributed by atoms with E-state index in [1.54, 1.807) is 24.4 Å². The monoisotopic (exact) mass is 487 g/mol. The van der Waals surface area contributed by atoms with E-state index < -0.39 is 10.9 Å². The Bertz CT molecular complexity index is 1130. The minimum atomic E-state index is -0.592. The van der Waals surface area contributed by atoms with Crippen LogP contribution >= 0.6 is 12.4 Å². The van der Waals surface area contributed by atoms with E-state index in [2.05, 4.69) is 4.90 Å². The maximum Gasteiger partial charge on any atom is 0.355 e. The molecule has 0 aliphatic carbocycles. The van der Waals surface area contributed by atoms with Crippen molar-refractivity contribution in [3.63, 3.8) is 0 Å². The number of carbonyl (C=O) groups is 1. The van der Waals surface area contributed by atoms with E-state index in [-0.39, 0.29) is 29.5 Å². The van der Waals surface area contributed by atoms with Crippen LogP contribution in [-0.4, -0.2) is 66.9 Å². The Balaban J connectivity index is 0.00000324. The summed E-state index contributed by atoms with van der Waals surface area (Å²) < 4.78 is 17.7. The van der Waals surface area contributed by atoms with E-state index in [0.717, 1.165) is 30.8 Å². The summed E-state index contributed by atoms with van der Waals surface area (Å²) in [6.07, 6.45) is 1.70. The van der Waals surface area contributed by atoms with Crippen LogP contribution in [-0.2, 0) is 9.47 Å². The van der Waals surface area contributed by atoms with E-state index in [1.807, 2.05) is 30.3 Å². The first kappa shape index (κ1) is 25.2. The summed E-state index contributed by atoms with van der Waals surface area (Å²) in [6.45, 7) is 4.27. The Labute approximate surface area is 203 Å². The highest BCUT2D eigenvalue weighted by atomic mass is 35.5. The van der Waals surface area contributed by atoms with Crippen molar-refractivity contribution in [2.24, 2.45) is 0 Å². The van der Waals surface area contributed by atoms with Crippen molar-refractivity contribution < 1.29 is 23.9 Å². The molecule has 0 unspecified atom stereocenters. The highest BCUT2D eigenvalue weighted by Gasteiger charge is 2.23. The Kier molecular flexibility index (Phi) is 8.64. The van der Waals surface area contributed by atoms with Gasteiger partial charge >= 0.3 is 5.97 Å². The van der Waals surface area contributed by atoms with Crippen LogP contribution in [0.5, 0.6) is 5.75 Å². The highest BCUT2D eigenvalue weighted by Crippen LogP contribution is 2.32. The lowest BCUT2D eigenvalue weighted by molar-refractivity contribution is -0.384. The number of benzene rings is 2. The average Bonchev–Trinajstić information content (AvgIpc) is 3.30. The van der Waals surface area contributed by atoms with Gasteiger partial charge in [0.05, 0.1) is 25.2 Å². The number of halogens is 1. The van der Waals surface area contributed by atoms with Crippen molar-refractivity contribution in [3.05, 3.63) is 76.6 Å². The topological polar surface area (TPSA) is 96.1 Å². The average molecular weight is 488 g/mol. The summed E-state index contributed by atoms with van der Waals surface area (Å²) in [5.74, 6) is -0.111. The maximum atomic E-state index is 12.5. The van der Waals surface area contributed by atoms with Gasteiger partial charge in [0.15, 0.2) is 0 Å². The molecule has 2 heterocycles. The molecule has 1 saturated heterocycles. The van der Waals surface area contributed by atoms with Gasteiger partial charge < -0.3 is 18.8 Å². The van der Waals surface area contributed by atoms with Gasteiger partial charge in [-0.25, -0.2) is 4.79 Å². The third kappa shape index (κ3) is 5.74. The highest BCUT2D eigenvalue weighted by molar-refractivity contribution is 5.91. The molecule has 34 heavy (non-hydrogen) atoms. The second-order valence-electron chi connectivity index (χ2n) is 7.55. The van der Waals surface area contributed by atoms with Gasteiger partial charge in [-0.05, 0) is 17.7 Å². The third-order valence-electron chi connectivity index (χ3n) is 5.50. The van der Waals surface area contributed by atoms with Crippen molar-refractivity contribution in [3.8, 4) is 22.6 Å². The normalized spacial score (nSPS) is 13.7. The fourth-order valence-electron chi connectivity index (χ4n) is 3.77. The molecule has 0 N–H and O–H groups in total. The number of rotatable bonds is 8. The molecule has 10 heteroatoms. The molecule has 9 nitrogen and oxygen atoms in total. The van der Waals surface area contributed by atoms with Gasteiger partial charge in [-0.3, -0.25) is 15.0 Å². The van der Waals surface area contributed by atoms with Crippen molar-refractivity contribution in [1.29, 1.82) is 0 Å². The number of nitro groups is 1. The molecule has 1 aliphatic heterocycles. The molecular weight excluding hydrogens is 462 g/mol. The van der Waals surface area contributed by atoms with Crippen LogP contribution in [0.1, 0.15) is 10.5 Å². The fourth-order valence-corrected chi connectivity index (χ4v) is 3.77. The number of morpholine rings is 1. The van der Waals surface area contributed by atoms with E-state index in [1.165, 1.54) is 17.7 Å². The lowest BCUT2D eigenvalue weighted by atomic mass is 10.1. The molecule has 0 spiro atoms. The van der Waals surface area contributed by atoms with Crippen molar-refractivity contribution >= 4 is 24.1 Å². The van der Waals surface area contributed by atoms with Gasteiger partial charge in [0.25, 0.3) is 5.69 Å². The van der Waals surface area contributed by atoms with Gasteiger partial charge in [-0.1, -0.05) is 30.3 Å². The van der Waals surface area contributed by atoms with Gasteiger partial charge in [-0.15, -0.1) is 12.4 Å². The van der Waals surface area contributed by atoms with E-state index >= 15 is 0 Å². The van der Waals surface area contributed by atoms with Crippen molar-refractivity contribution in [2.75, 3.05) is 46.6 Å². The molecule has 0 amide bonds. The van der Waals surface area contributed by atoms with Crippen LogP contribution in [0, 0.1) is 10.1 Å². The van der Waals surface area contributed by atoms with Crippen LogP contribution < -0.4 is 4.74 Å². The number of methoxy groups -OCH3 is 1. The van der Waals surface area contributed by atoms with Crippen LogP contribution in [0.15, 0.2) is 60.8 Å². The number of aromatic nitrogens is 1. The molecule has 1 aromatic heterocycles. The third-order valence-corrected chi connectivity index (χ3v) is 5.50. The predicted molar refractivity (Wildman–Crippen MR) is 129 cm³/mol. The molecule has 1 fully saturated rings. The second kappa shape index (κ2) is 11.6. The van der Waals surface area contributed by atoms with Crippen LogP contribution in [0.3, 0.4) is 0 Å². The molecule has 0 radical (unpaired) electrons. The number of nitrogens with zero attached hydrogens (tertiary/aromatic N) is 3. The Morgan fingerprint density at radius 2 is 1.82 bits per heavy atom. The zero-order valence-electron chi connectivity index (χ0n) is 18.7. The molecule has 1 aliphatic rings. The first-order valence-electron chi connectivity index (χ1n) is 10.6. The summed E-state index contributed by atoms with van der Waals surface area (Å²) in [4.78, 5) is 26.0. The van der Waals surface area contributed by atoms with Gasteiger partial charge in [0, 0.05) is 43.5 Å². The lowest BCUT2D eigenvalue weighted by Crippen LogP contribution is -2.38. The number of nitro benzene ring substituents is 1. The molecular formula is C24H26ClN3O6. The van der Waals surface area contributed by atoms with Crippen LogP contribution in [0.25, 0.3) is 16.8 Å². The zero-order chi connectivity index (χ0) is 23.2. The Hall–Kier alpha value is -3.40. The van der Waals surface area contributed by atoms with E-state index in [9.17, 15) is 14.9 Å². The molecule has 0 bridgehead atoms. The number of hydrogen-bond acceptors (Lipinski definition) is 7. The Morgan fingerprint density at radius 1 is 1.09 bits per heavy atom. The zero-order valence-corrected chi connectivity index (χ0v) is 19.5. The quantitative estimate of drug-likeness (QED) is 0.269. The Morgan fingerprint density at radius 3 is 2.50 bits per heavy atom. The predicted octanol–water partition coefficient (Wildman–Crippen LogP) is 3.97. The van der Waals surface area contributed by atoms with Crippen molar-refractivity contribution in [1.82, 2.24) is 9.47 Å². The van der Waals surface area contributed by atoms with E-state index in [0.29, 0.717) is 25.6 Å². The lowest BCUT2D eigenvalue weighted by Gasteiger charge is -2.26. The van der Waals surface area contributed by atoms with Gasteiger partial charge in [-0.2, -0.15) is 0 Å². The molecule has 0 saturated carbocycles. The minimum absolute atomic E-state index is 0. The number of hydrogen-bond donors (Lipinski definition) is 0. The molecule has 0 atom stereocenters. The standard InChI is InChI=1S/C24H25N3O6.ClH/c1-31-24(28)23-15-19(18-5-3-2-4-6-18)17-26(23)22-16-20(7-8-21(22)27(29)30)33-14-11-25-9-12-32-13-10-25;/h2-8,15-17H,9-14H2,1H3;1H. The van der Waals surface area contributed by atoms with Gasteiger partial charge in [0.1, 0.15) is 23.7 Å². The fraction of sp³-hybridized carbons (Fsp3) is 0.292. The summed E-state index contributed by atoms with van der Waals surface area (Å²) in [7, 11) is 1.28. The number of ether oxygens (including phenoxy) is 3. The summed E-state index contributed by atoms with van der Waals surface area (Å²) in [5, 5.41) is 11.8. The van der Waals surface area contributed by atoms with Crippen LogP contribution in [0.2, 0.25) is 0 Å². The second-order valence-corrected chi connectivity index (χ2v) is 7.55. The molecule has 180 valence electrons. The first-order valence-corrected chi connectivity index (χ1v) is 10.6. The summed E-state index contributed by atoms with van der Waals surface area (Å²) in [6, 6.07) is 15.7. The van der Waals surface area contributed by atoms with Crippen LogP contribution in [0.4, 0.5) is 5.69 Å². The van der Waals surface area contributed by atoms with E-state index in [4.69, 9.17) is 14.2 Å². The SMILES string of the molecule is COC(=O)c1cc(-c2ccccc2)cn1-c1cc(OCCN2CCOCC2)ccc1[N+](=O)[O-].Cl. The molecule has 2 aromatic carbocycles. The largest absolute Gasteiger partial charge is 0.492 e. The molecule has 3 aromatic rings. The number of carbonyl (C=O) groups excluding carboxylic acids is 1. The smallest absolute Gasteiger partial charge is 0.355 e. The minimum Gasteiger partial charge on any atom is -0.492 e. The summed E-state index contributed by atoms with van der Waals surface area (Å²) in [5.41, 5.74) is 1.89. The first-order chi connectivity index (χ1) is 16.1. The van der Waals surface area contributed by atoms with Gasteiger partial charge in [0.2, 0.25) is 0 Å². The molecule has 4 rings (SSSR count).